The van der Waals surface area contributed by atoms with Crippen molar-refractivity contribution in [1.29, 1.82) is 0 Å². The summed E-state index contributed by atoms with van der Waals surface area (Å²) in [6, 6.07) is 3.98. The average molecular weight is 284 g/mol. The fourth-order valence-electron chi connectivity index (χ4n) is 2.19. The van der Waals surface area contributed by atoms with Gasteiger partial charge in [-0.2, -0.15) is 0 Å². The number of sulfonamides is 1. The van der Waals surface area contributed by atoms with E-state index in [4.69, 9.17) is 5.14 Å². The minimum Gasteiger partial charge on any atom is -0.506 e. The van der Waals surface area contributed by atoms with Gasteiger partial charge in [0.1, 0.15) is 10.6 Å². The first-order valence-electron chi connectivity index (χ1n) is 6.05. The minimum absolute atomic E-state index is 0.0200. The Morgan fingerprint density at radius 3 is 2.42 bits per heavy atom. The maximum Gasteiger partial charge on any atom is 0.257 e. The highest BCUT2D eigenvalue weighted by Gasteiger charge is 2.24. The zero-order valence-corrected chi connectivity index (χ0v) is 11.2. The molecule has 1 aromatic carbocycles. The molecule has 1 fully saturated rings. The van der Waals surface area contributed by atoms with Gasteiger partial charge in [-0.05, 0) is 31.4 Å². The molecule has 1 heterocycles. The SMILES string of the molecule is NS(=O)(=O)c1cccc(C(=O)N2CCCCC2)c1O. The van der Waals surface area contributed by atoms with Crippen LogP contribution < -0.4 is 5.14 Å². The first kappa shape index (κ1) is 13.8. The largest absolute Gasteiger partial charge is 0.506 e. The number of nitrogens with two attached hydrogens (primary N) is 1. The van der Waals surface area contributed by atoms with E-state index in [1.54, 1.807) is 4.90 Å². The van der Waals surface area contributed by atoms with Crippen LogP contribution >= 0.6 is 0 Å². The van der Waals surface area contributed by atoms with Crippen molar-refractivity contribution in [2.75, 3.05) is 13.1 Å². The number of amides is 1. The predicted octanol–water partition coefficient (Wildman–Crippen LogP) is 0.666. The van der Waals surface area contributed by atoms with Crippen LogP contribution in [0.15, 0.2) is 23.1 Å². The molecule has 2 rings (SSSR count). The fourth-order valence-corrected chi connectivity index (χ4v) is 2.84. The molecule has 0 bridgehead atoms. The Hall–Kier alpha value is -1.60. The lowest BCUT2D eigenvalue weighted by Crippen LogP contribution is -2.35. The van der Waals surface area contributed by atoms with E-state index in [-0.39, 0.29) is 11.5 Å². The van der Waals surface area contributed by atoms with Crippen molar-refractivity contribution in [3.8, 4) is 5.75 Å². The van der Waals surface area contributed by atoms with Crippen LogP contribution in [0.1, 0.15) is 29.6 Å². The summed E-state index contributed by atoms with van der Waals surface area (Å²) in [5.41, 5.74) is -0.0200. The summed E-state index contributed by atoms with van der Waals surface area (Å²) >= 11 is 0. The van der Waals surface area contributed by atoms with E-state index in [1.807, 2.05) is 0 Å². The first-order chi connectivity index (χ1) is 8.91. The number of carbonyl (C=O) groups is 1. The summed E-state index contributed by atoms with van der Waals surface area (Å²) in [5, 5.41) is 14.9. The number of benzene rings is 1. The third-order valence-electron chi connectivity index (χ3n) is 3.18. The molecule has 0 unspecified atom stereocenters. The van der Waals surface area contributed by atoms with Crippen molar-refractivity contribution in [2.45, 2.75) is 24.2 Å². The second kappa shape index (κ2) is 5.18. The summed E-state index contributed by atoms with van der Waals surface area (Å²) in [7, 11) is -4.04. The highest BCUT2D eigenvalue weighted by atomic mass is 32.2. The van der Waals surface area contributed by atoms with Gasteiger partial charge in [-0.15, -0.1) is 0 Å². The molecule has 0 aromatic heterocycles. The first-order valence-corrected chi connectivity index (χ1v) is 7.60. The molecule has 3 N–H and O–H groups in total. The normalized spacial score (nSPS) is 16.4. The monoisotopic (exact) mass is 284 g/mol. The second-order valence-corrected chi connectivity index (χ2v) is 6.08. The molecule has 1 amide bonds. The van der Waals surface area contributed by atoms with E-state index in [0.29, 0.717) is 13.1 Å². The summed E-state index contributed by atoms with van der Waals surface area (Å²) in [6.07, 6.45) is 2.91. The van der Waals surface area contributed by atoms with Gasteiger partial charge in [0.25, 0.3) is 5.91 Å². The second-order valence-electron chi connectivity index (χ2n) is 4.55. The van der Waals surface area contributed by atoms with E-state index in [2.05, 4.69) is 0 Å². The topological polar surface area (TPSA) is 101 Å². The summed E-state index contributed by atoms with van der Waals surface area (Å²) in [6.45, 7) is 1.25. The number of nitrogens with zero attached hydrogens (tertiary/aromatic N) is 1. The van der Waals surface area contributed by atoms with Crippen molar-refractivity contribution in [2.24, 2.45) is 5.14 Å². The number of piperidine rings is 1. The van der Waals surface area contributed by atoms with E-state index in [1.165, 1.54) is 18.2 Å². The molecule has 0 spiro atoms. The van der Waals surface area contributed by atoms with Gasteiger partial charge in [0, 0.05) is 13.1 Å². The van der Waals surface area contributed by atoms with Gasteiger partial charge >= 0.3 is 0 Å². The Kier molecular flexibility index (Phi) is 3.77. The Labute approximate surface area is 111 Å². The summed E-state index contributed by atoms with van der Waals surface area (Å²) in [4.78, 5) is 13.4. The molecule has 19 heavy (non-hydrogen) atoms. The average Bonchev–Trinajstić information content (AvgIpc) is 2.38. The van der Waals surface area contributed by atoms with Crippen LogP contribution in [0, 0.1) is 0 Å². The molecule has 1 saturated heterocycles. The van der Waals surface area contributed by atoms with E-state index < -0.39 is 20.7 Å². The Morgan fingerprint density at radius 2 is 1.84 bits per heavy atom. The molecular weight excluding hydrogens is 268 g/mol. The number of aromatic hydroxyl groups is 1. The van der Waals surface area contributed by atoms with Crippen LogP contribution in [-0.2, 0) is 10.0 Å². The van der Waals surface area contributed by atoms with Crippen LogP contribution in [-0.4, -0.2) is 37.4 Å². The molecule has 0 saturated carbocycles. The molecule has 0 atom stereocenters. The molecular formula is C12H16N2O4S. The van der Waals surface area contributed by atoms with Gasteiger partial charge in [-0.1, -0.05) is 6.07 Å². The number of carbonyl (C=O) groups excluding carboxylic acids is 1. The number of primary sulfonamides is 1. The fraction of sp³-hybridized carbons (Fsp3) is 0.417. The third-order valence-corrected chi connectivity index (χ3v) is 4.12. The van der Waals surface area contributed by atoms with Crippen molar-refractivity contribution in [1.82, 2.24) is 4.90 Å². The maximum absolute atomic E-state index is 12.2. The van der Waals surface area contributed by atoms with Crippen LogP contribution in [0.25, 0.3) is 0 Å². The molecule has 104 valence electrons. The molecule has 0 aliphatic carbocycles. The highest BCUT2D eigenvalue weighted by Crippen LogP contribution is 2.27. The summed E-state index contributed by atoms with van der Waals surface area (Å²) in [5.74, 6) is -0.928. The van der Waals surface area contributed by atoms with Crippen LogP contribution in [0.3, 0.4) is 0 Å². The molecule has 1 aliphatic rings. The lowest BCUT2D eigenvalue weighted by molar-refractivity contribution is 0.0721. The lowest BCUT2D eigenvalue weighted by atomic mass is 10.1. The molecule has 0 radical (unpaired) electrons. The summed E-state index contributed by atoms with van der Waals surface area (Å²) < 4.78 is 22.6. The standard InChI is InChI=1S/C12H16N2O4S/c13-19(17,18)10-6-4-5-9(11(10)15)12(16)14-7-2-1-3-8-14/h4-6,15H,1-3,7-8H2,(H2,13,17,18). The van der Waals surface area contributed by atoms with Crippen LogP contribution in [0.5, 0.6) is 5.75 Å². The molecule has 7 heteroatoms. The number of rotatable bonds is 2. The number of phenolic OH excluding ortho intramolecular Hbond substituents is 1. The quantitative estimate of drug-likeness (QED) is 0.833. The predicted molar refractivity (Wildman–Crippen MR) is 69.2 cm³/mol. The Balaban J connectivity index is 2.37. The third kappa shape index (κ3) is 2.87. The minimum atomic E-state index is -4.04. The molecule has 1 aromatic rings. The maximum atomic E-state index is 12.2. The van der Waals surface area contributed by atoms with E-state index >= 15 is 0 Å². The molecule has 1 aliphatic heterocycles. The highest BCUT2D eigenvalue weighted by molar-refractivity contribution is 7.89. The number of para-hydroxylation sites is 1. The Bertz CT molecular complexity index is 592. The van der Waals surface area contributed by atoms with Crippen molar-refractivity contribution in [3.63, 3.8) is 0 Å². The number of likely N-dealkylation sites (tertiary alicyclic amines) is 1. The number of hydrogen-bond donors (Lipinski definition) is 2. The zero-order valence-electron chi connectivity index (χ0n) is 10.4. The van der Waals surface area contributed by atoms with E-state index in [9.17, 15) is 18.3 Å². The Morgan fingerprint density at radius 1 is 1.21 bits per heavy atom. The van der Waals surface area contributed by atoms with Crippen LogP contribution in [0.2, 0.25) is 0 Å². The van der Waals surface area contributed by atoms with Gasteiger partial charge in [0.15, 0.2) is 0 Å². The smallest absolute Gasteiger partial charge is 0.257 e. The number of hydrogen-bond acceptors (Lipinski definition) is 4. The lowest BCUT2D eigenvalue weighted by Gasteiger charge is -2.27. The number of phenols is 1. The van der Waals surface area contributed by atoms with E-state index in [0.717, 1.165) is 19.3 Å². The van der Waals surface area contributed by atoms with Gasteiger partial charge in [0.2, 0.25) is 10.0 Å². The van der Waals surface area contributed by atoms with Crippen LogP contribution in [0.4, 0.5) is 0 Å². The van der Waals surface area contributed by atoms with Gasteiger partial charge in [0.05, 0.1) is 5.56 Å². The zero-order chi connectivity index (χ0) is 14.0. The van der Waals surface area contributed by atoms with Crippen molar-refractivity contribution in [3.05, 3.63) is 23.8 Å². The van der Waals surface area contributed by atoms with Gasteiger partial charge in [-0.25, -0.2) is 13.6 Å². The van der Waals surface area contributed by atoms with Crippen molar-refractivity contribution >= 4 is 15.9 Å². The van der Waals surface area contributed by atoms with Gasteiger partial charge < -0.3 is 10.0 Å². The molecule has 6 nitrogen and oxygen atoms in total. The van der Waals surface area contributed by atoms with Crippen molar-refractivity contribution < 1.29 is 18.3 Å². The van der Waals surface area contributed by atoms with Gasteiger partial charge in [-0.3, -0.25) is 4.79 Å².